The van der Waals surface area contributed by atoms with E-state index >= 15 is 0 Å². The van der Waals surface area contributed by atoms with Crippen LogP contribution in [0.3, 0.4) is 0 Å². The van der Waals surface area contributed by atoms with Gasteiger partial charge < -0.3 is 89.5 Å². The van der Waals surface area contributed by atoms with E-state index in [9.17, 15) is 78.3 Å². The van der Waals surface area contributed by atoms with E-state index in [2.05, 4.69) is 78.1 Å². The fourth-order valence-electron chi connectivity index (χ4n) is 9.69. The highest BCUT2D eigenvalue weighted by Crippen LogP contribution is 2.34. The summed E-state index contributed by atoms with van der Waals surface area (Å²) in [5.74, 6) is -9.42. The molecule has 11 unspecified atom stereocenters. The molecule has 0 radical (unpaired) electrons. The Bertz CT molecular complexity index is 4370. The van der Waals surface area contributed by atoms with Gasteiger partial charge in [-0.2, -0.15) is 0 Å². The van der Waals surface area contributed by atoms with Crippen LogP contribution in [0.5, 0.6) is 5.75 Å². The van der Waals surface area contributed by atoms with E-state index in [0.717, 1.165) is 69.2 Å². The van der Waals surface area contributed by atoms with E-state index in [-0.39, 0.29) is 68.0 Å². The number of aromatic hydroxyl groups is 1. The molecule has 0 spiro atoms. The molecule has 6 aromatic heterocycles. The summed E-state index contributed by atoms with van der Waals surface area (Å²) in [4.78, 5) is 172. The van der Waals surface area contributed by atoms with E-state index in [0.29, 0.717) is 32.7 Å². The molecule has 11 atom stereocenters. The quantitative estimate of drug-likeness (QED) is 0.0261. The van der Waals surface area contributed by atoms with Crippen LogP contribution < -0.4 is 58.9 Å². The lowest BCUT2D eigenvalue weighted by atomic mass is 9.98. The first-order valence-electron chi connectivity index (χ1n) is 32.2. The summed E-state index contributed by atoms with van der Waals surface area (Å²) in [6.07, 6.45) is 0.300. The van der Waals surface area contributed by atoms with Gasteiger partial charge in [-0.3, -0.25) is 52.7 Å². The number of aliphatic carboxylic acids is 1. The fourth-order valence-corrected chi connectivity index (χ4v) is 14.9. The minimum atomic E-state index is -1.66. The summed E-state index contributed by atoms with van der Waals surface area (Å²) in [5, 5.41) is 95.7. The SMILES string of the molecule is CCC(C)C(NC(=O)C(Cc1ccc(O)cc1)NC(=O)c1csc(C(Cc2ccccc2)NC(=O)c2csc(C(CC(N)=O)NC(=O)c3csc(C(CO)NC(=O)C(C)NC)n3)n2)n1)c1nc(-c2nc(C(=O)NC(CO)c3nc(C(=O)NC(CO)C(=O)NC(CO)C(=O)NC(C)C(=O)O)cs3)cs2)cs1. The number of phenolic OH excluding ortho intramolecular Hbond substituents is 1. The number of nitrogens with one attached hydrogen (secondary N) is 10. The molecular weight excluding hydrogens is 1480 g/mol. The first-order chi connectivity index (χ1) is 50.2. The number of carbonyl (C=O) groups is 11. The molecule has 0 aliphatic carbocycles. The number of aromatic nitrogens is 6. The predicted molar refractivity (Wildman–Crippen MR) is 386 cm³/mol. The number of likely N-dealkylation sites (N-methyl/N-ethyl adjacent to an activating group) is 1. The van der Waals surface area contributed by atoms with Gasteiger partial charge in [-0.1, -0.05) is 62.7 Å². The van der Waals surface area contributed by atoms with Crippen molar-refractivity contribution in [2.45, 2.75) is 114 Å². The lowest BCUT2D eigenvalue weighted by Gasteiger charge is -2.26. The third kappa shape index (κ3) is 22.0. The maximum atomic E-state index is 14.8. The van der Waals surface area contributed by atoms with Gasteiger partial charge in [0.05, 0.1) is 57.0 Å². The number of aliphatic hydroxyl groups excluding tert-OH is 4. The smallest absolute Gasteiger partial charge is 0.325 e. The molecule has 8 rings (SSSR count). The summed E-state index contributed by atoms with van der Waals surface area (Å²) >= 11 is 6.24. The van der Waals surface area contributed by atoms with Crippen molar-refractivity contribution in [2.24, 2.45) is 11.7 Å². The van der Waals surface area contributed by atoms with Gasteiger partial charge in [-0.05, 0) is 56.5 Å². The predicted octanol–water partition coefficient (Wildman–Crippen LogP) is 1.48. The molecule has 6 heterocycles. The molecule has 0 saturated heterocycles. The van der Waals surface area contributed by atoms with Gasteiger partial charge in [-0.15, -0.1) is 68.0 Å². The molecular formula is C65H75N17O17S6. The van der Waals surface area contributed by atoms with Gasteiger partial charge in [0.25, 0.3) is 29.5 Å². The van der Waals surface area contributed by atoms with Crippen molar-refractivity contribution in [3.8, 4) is 16.5 Å². The van der Waals surface area contributed by atoms with E-state index in [1.807, 2.05) is 44.2 Å². The van der Waals surface area contributed by atoms with Crippen LogP contribution in [0.1, 0.15) is 159 Å². The number of primary amides is 1. The number of hydrogen-bond donors (Lipinski definition) is 17. The van der Waals surface area contributed by atoms with Crippen molar-refractivity contribution in [3.63, 3.8) is 0 Å². The molecule has 0 aliphatic rings. The van der Waals surface area contributed by atoms with E-state index in [1.165, 1.54) is 50.4 Å². The normalized spacial score (nSPS) is 14.4. The van der Waals surface area contributed by atoms with E-state index < -0.39 is 158 Å². The number of carbonyl (C=O) groups excluding carboxylic acids is 10. The molecule has 0 fully saturated rings. The molecule has 105 heavy (non-hydrogen) atoms. The molecule has 40 heteroatoms. The summed E-state index contributed by atoms with van der Waals surface area (Å²) in [6.45, 7) is 3.51. The zero-order valence-corrected chi connectivity index (χ0v) is 61.5. The Balaban J connectivity index is 0.929. The third-order valence-corrected chi connectivity index (χ3v) is 21.6. The monoisotopic (exact) mass is 1560 g/mol. The molecule has 0 saturated carbocycles. The van der Waals surface area contributed by atoms with Crippen LogP contribution >= 0.6 is 68.0 Å². The number of carboxylic acids is 1. The average molecular weight is 1560 g/mol. The van der Waals surface area contributed by atoms with Crippen LogP contribution in [0.25, 0.3) is 10.7 Å². The highest BCUT2D eigenvalue weighted by Gasteiger charge is 2.34. The van der Waals surface area contributed by atoms with Crippen molar-refractivity contribution in [1.29, 1.82) is 0 Å². The summed E-state index contributed by atoms with van der Waals surface area (Å²) in [7, 11) is 1.60. The first kappa shape index (κ1) is 80.7. The largest absolute Gasteiger partial charge is 0.508 e. The number of phenols is 1. The second kappa shape index (κ2) is 38.1. The van der Waals surface area contributed by atoms with Crippen LogP contribution in [0.15, 0.2) is 86.9 Å². The number of carboxylic acid groups (broad SMARTS) is 1. The first-order valence-corrected chi connectivity index (χ1v) is 37.4. The molecule has 10 amide bonds. The number of aliphatic hydroxyl groups is 4. The minimum absolute atomic E-state index is 0.0304. The van der Waals surface area contributed by atoms with Gasteiger partial charge in [0, 0.05) is 38.7 Å². The van der Waals surface area contributed by atoms with Gasteiger partial charge in [0.1, 0.15) is 106 Å². The van der Waals surface area contributed by atoms with Crippen LogP contribution in [0.2, 0.25) is 0 Å². The molecule has 8 aromatic rings. The second-order valence-electron chi connectivity index (χ2n) is 23.6. The van der Waals surface area contributed by atoms with Gasteiger partial charge in [0.15, 0.2) is 0 Å². The van der Waals surface area contributed by atoms with Crippen LogP contribution in [-0.2, 0) is 41.6 Å². The maximum Gasteiger partial charge on any atom is 0.325 e. The van der Waals surface area contributed by atoms with Crippen molar-refractivity contribution in [3.05, 3.63) is 152 Å². The molecule has 0 bridgehead atoms. The zero-order chi connectivity index (χ0) is 76.2. The number of nitrogens with zero attached hydrogens (tertiary/aromatic N) is 6. The second-order valence-corrected chi connectivity index (χ2v) is 28.9. The van der Waals surface area contributed by atoms with E-state index in [4.69, 9.17) is 15.8 Å². The Morgan fingerprint density at radius 2 is 0.876 bits per heavy atom. The summed E-state index contributed by atoms with van der Waals surface area (Å²) < 4.78 is 0. The highest BCUT2D eigenvalue weighted by atomic mass is 32.1. The van der Waals surface area contributed by atoms with Crippen LogP contribution in [0.4, 0.5) is 0 Å². The Hall–Kier alpha value is -10.0. The molecule has 2 aromatic carbocycles. The molecule has 34 nitrogen and oxygen atoms in total. The van der Waals surface area contributed by atoms with Crippen molar-refractivity contribution < 1.29 is 83.4 Å². The number of rotatable bonds is 38. The lowest BCUT2D eigenvalue weighted by molar-refractivity contribution is -0.142. The minimum Gasteiger partial charge on any atom is -0.508 e. The maximum absolute atomic E-state index is 14.8. The standard InChI is InChI=1S/C65H75N17O17S6/c1-6-29(2)49(64-81-47(28-105-64)63-80-46(27-104-63)58(97)75-41(22-86)62-79-45(26-103-62)57(96)73-39(20-84)53(92)72-38(19-83)52(91)68-31(4)65(98)99)82-51(90)35(16-33-12-14-34(87)15-13-33)69-54(93)42-23-100-59(76-42)36(17-32-10-8-7-9-11-32)70-55(94)43-24-101-60(77-43)37(18-48(66)88)71-56(95)44-25-102-61(78-44)40(21-85)74-50(89)30(3)67-5/h7-15,23-31,35-41,49,67,83-87H,6,16-22H2,1-5H3,(H2,66,88)(H,68,91)(H,69,93)(H,70,94)(H,71,95)(H,72,92)(H,73,96)(H,74,89)(H,75,97)(H,82,90)(H,98,99). The van der Waals surface area contributed by atoms with Gasteiger partial charge in [-0.25, -0.2) is 29.9 Å². The highest BCUT2D eigenvalue weighted by molar-refractivity contribution is 7.14. The number of amides is 10. The van der Waals surface area contributed by atoms with E-state index in [1.54, 1.807) is 31.5 Å². The topological polar surface area (TPSA) is 533 Å². The average Bonchev–Trinajstić information content (AvgIpc) is 1.68. The van der Waals surface area contributed by atoms with Crippen molar-refractivity contribution in [2.75, 3.05) is 33.5 Å². The molecule has 558 valence electrons. The summed E-state index contributed by atoms with van der Waals surface area (Å²) in [6, 6.07) is 3.97. The van der Waals surface area contributed by atoms with Crippen molar-refractivity contribution in [1.82, 2.24) is 83.1 Å². The Labute approximate surface area is 622 Å². The molecule has 18 N–H and O–H groups in total. The van der Waals surface area contributed by atoms with Crippen LogP contribution in [-0.4, -0.2) is 189 Å². The number of nitrogens with two attached hydrogens (primary N) is 1. The molecule has 0 aliphatic heterocycles. The number of thiazole rings is 6. The Morgan fingerprint density at radius 1 is 0.438 bits per heavy atom. The van der Waals surface area contributed by atoms with Gasteiger partial charge >= 0.3 is 5.97 Å². The Morgan fingerprint density at radius 3 is 1.39 bits per heavy atom. The third-order valence-electron chi connectivity index (χ3n) is 15.9. The number of hydrogen-bond acceptors (Lipinski definition) is 29. The van der Waals surface area contributed by atoms with Crippen molar-refractivity contribution >= 4 is 133 Å². The number of benzene rings is 2. The van der Waals surface area contributed by atoms with Crippen LogP contribution in [0, 0.1) is 5.92 Å². The summed E-state index contributed by atoms with van der Waals surface area (Å²) in [5.41, 5.74) is 6.75. The van der Waals surface area contributed by atoms with Gasteiger partial charge in [0.2, 0.25) is 29.5 Å². The lowest BCUT2D eigenvalue weighted by Crippen LogP contribution is -2.57. The fraction of sp³-hybridized carbons (Fsp3) is 0.369. The zero-order valence-electron chi connectivity index (χ0n) is 56.6. The Kier molecular flexibility index (Phi) is 29.3.